The standard InChI is InChI=1S/C13H18N2O5/c1-13(2,6-7-16)14-12(17)9-20-11-5-3-4-10(8-11)15(18)19/h3-5,8,16H,6-7,9H2,1-2H3,(H,14,17). The van der Waals surface area contributed by atoms with Crippen LogP contribution < -0.4 is 10.1 Å². The summed E-state index contributed by atoms with van der Waals surface area (Å²) < 4.78 is 5.20. The summed E-state index contributed by atoms with van der Waals surface area (Å²) in [5, 5.41) is 22.2. The van der Waals surface area contributed by atoms with E-state index in [1.54, 1.807) is 19.9 Å². The lowest BCUT2D eigenvalue weighted by Gasteiger charge is -2.25. The molecule has 7 nitrogen and oxygen atoms in total. The molecule has 20 heavy (non-hydrogen) atoms. The highest BCUT2D eigenvalue weighted by Crippen LogP contribution is 2.19. The van der Waals surface area contributed by atoms with Crippen LogP contribution in [-0.4, -0.2) is 34.7 Å². The zero-order chi connectivity index (χ0) is 15.2. The van der Waals surface area contributed by atoms with Gasteiger partial charge in [0.05, 0.1) is 11.0 Å². The first-order chi connectivity index (χ1) is 9.34. The lowest BCUT2D eigenvalue weighted by atomic mass is 10.0. The molecule has 1 amide bonds. The summed E-state index contributed by atoms with van der Waals surface area (Å²) in [7, 11) is 0. The van der Waals surface area contributed by atoms with E-state index in [1.165, 1.54) is 18.2 Å². The van der Waals surface area contributed by atoms with Gasteiger partial charge < -0.3 is 15.2 Å². The van der Waals surface area contributed by atoms with Gasteiger partial charge in [-0.3, -0.25) is 14.9 Å². The Bertz CT molecular complexity index is 487. The van der Waals surface area contributed by atoms with Gasteiger partial charge in [0, 0.05) is 18.2 Å². The molecule has 0 atom stereocenters. The molecule has 2 N–H and O–H groups in total. The third-order valence-electron chi connectivity index (χ3n) is 2.61. The van der Waals surface area contributed by atoms with E-state index in [4.69, 9.17) is 9.84 Å². The monoisotopic (exact) mass is 282 g/mol. The number of hydrogen-bond donors (Lipinski definition) is 2. The fraction of sp³-hybridized carbons (Fsp3) is 0.462. The van der Waals surface area contributed by atoms with Crippen molar-refractivity contribution in [2.45, 2.75) is 25.8 Å². The highest BCUT2D eigenvalue weighted by atomic mass is 16.6. The van der Waals surface area contributed by atoms with Gasteiger partial charge in [0.15, 0.2) is 6.61 Å². The van der Waals surface area contributed by atoms with Crippen molar-refractivity contribution in [1.82, 2.24) is 5.32 Å². The quantitative estimate of drug-likeness (QED) is 0.579. The van der Waals surface area contributed by atoms with Crippen LogP contribution in [0.1, 0.15) is 20.3 Å². The van der Waals surface area contributed by atoms with Crippen LogP contribution in [0.2, 0.25) is 0 Å². The molecule has 0 fully saturated rings. The van der Waals surface area contributed by atoms with Crippen LogP contribution >= 0.6 is 0 Å². The predicted octanol–water partition coefficient (Wildman–Crippen LogP) is 1.25. The number of nitrogens with zero attached hydrogens (tertiary/aromatic N) is 1. The first-order valence-corrected chi connectivity index (χ1v) is 6.13. The van der Waals surface area contributed by atoms with Crippen LogP contribution in [0.5, 0.6) is 5.75 Å². The van der Waals surface area contributed by atoms with Crippen molar-refractivity contribution in [1.29, 1.82) is 0 Å². The molecule has 1 rings (SSSR count). The van der Waals surface area contributed by atoms with Gasteiger partial charge in [-0.25, -0.2) is 0 Å². The number of nitro benzene ring substituents is 1. The molecule has 1 aromatic carbocycles. The highest BCUT2D eigenvalue weighted by Gasteiger charge is 2.19. The number of carbonyl (C=O) groups is 1. The maximum absolute atomic E-state index is 11.7. The molecular weight excluding hydrogens is 264 g/mol. The molecule has 110 valence electrons. The summed E-state index contributed by atoms with van der Waals surface area (Å²) in [6.45, 7) is 3.30. The molecular formula is C13H18N2O5. The van der Waals surface area contributed by atoms with E-state index in [2.05, 4.69) is 5.32 Å². The van der Waals surface area contributed by atoms with Crippen LogP contribution in [0.15, 0.2) is 24.3 Å². The van der Waals surface area contributed by atoms with Crippen molar-refractivity contribution >= 4 is 11.6 Å². The lowest BCUT2D eigenvalue weighted by molar-refractivity contribution is -0.384. The van der Waals surface area contributed by atoms with E-state index in [1.807, 2.05) is 0 Å². The fourth-order valence-corrected chi connectivity index (χ4v) is 1.59. The Balaban J connectivity index is 2.53. The number of ether oxygens (including phenoxy) is 1. The van der Waals surface area contributed by atoms with Crippen molar-refractivity contribution in [3.63, 3.8) is 0 Å². The molecule has 0 unspecified atom stereocenters. The van der Waals surface area contributed by atoms with Gasteiger partial charge in [-0.2, -0.15) is 0 Å². The first kappa shape index (κ1) is 15.9. The number of rotatable bonds is 7. The summed E-state index contributed by atoms with van der Waals surface area (Å²) in [5.74, 6) is -0.0933. The van der Waals surface area contributed by atoms with Crippen LogP contribution in [-0.2, 0) is 4.79 Å². The highest BCUT2D eigenvalue weighted by molar-refractivity contribution is 5.78. The van der Waals surface area contributed by atoms with Gasteiger partial charge >= 0.3 is 0 Å². The van der Waals surface area contributed by atoms with Crippen LogP contribution in [0, 0.1) is 10.1 Å². The van der Waals surface area contributed by atoms with Gasteiger partial charge in [0.2, 0.25) is 0 Å². The molecule has 7 heteroatoms. The van der Waals surface area contributed by atoms with Crippen molar-refractivity contribution < 1.29 is 19.6 Å². The summed E-state index contributed by atoms with van der Waals surface area (Å²) >= 11 is 0. The fourth-order valence-electron chi connectivity index (χ4n) is 1.59. The van der Waals surface area contributed by atoms with E-state index in [0.717, 1.165) is 0 Å². The number of benzene rings is 1. The number of hydrogen-bond acceptors (Lipinski definition) is 5. The molecule has 0 saturated carbocycles. The summed E-state index contributed by atoms with van der Waals surface area (Å²) in [4.78, 5) is 21.7. The largest absolute Gasteiger partial charge is 0.484 e. The van der Waals surface area contributed by atoms with E-state index in [-0.39, 0.29) is 30.6 Å². The minimum absolute atomic E-state index is 0.0288. The Morgan fingerprint density at radius 3 is 2.80 bits per heavy atom. The third kappa shape index (κ3) is 5.23. The lowest BCUT2D eigenvalue weighted by Crippen LogP contribution is -2.46. The minimum atomic E-state index is -0.530. The van der Waals surface area contributed by atoms with Gasteiger partial charge in [-0.15, -0.1) is 0 Å². The molecule has 0 saturated heterocycles. The number of nitrogens with one attached hydrogen (secondary N) is 1. The van der Waals surface area contributed by atoms with E-state index in [9.17, 15) is 14.9 Å². The predicted molar refractivity (Wildman–Crippen MR) is 72.5 cm³/mol. The van der Waals surface area contributed by atoms with Gasteiger partial charge in [-0.1, -0.05) is 6.07 Å². The van der Waals surface area contributed by atoms with Gasteiger partial charge in [0.1, 0.15) is 5.75 Å². The molecule has 0 aromatic heterocycles. The first-order valence-electron chi connectivity index (χ1n) is 6.13. The second-order valence-electron chi connectivity index (χ2n) is 4.95. The van der Waals surface area contributed by atoms with Crippen molar-refractivity contribution in [3.05, 3.63) is 34.4 Å². The number of carbonyl (C=O) groups excluding carboxylic acids is 1. The van der Waals surface area contributed by atoms with Crippen LogP contribution in [0.4, 0.5) is 5.69 Å². The number of non-ortho nitro benzene ring substituents is 1. The normalized spacial score (nSPS) is 10.9. The average molecular weight is 282 g/mol. The van der Waals surface area contributed by atoms with Crippen molar-refractivity contribution in [2.24, 2.45) is 0 Å². The summed E-state index contributed by atoms with van der Waals surface area (Å²) in [6.07, 6.45) is 0.426. The minimum Gasteiger partial charge on any atom is -0.484 e. The molecule has 0 spiro atoms. The topological polar surface area (TPSA) is 102 Å². The Morgan fingerprint density at radius 1 is 1.50 bits per heavy atom. The second kappa shape index (κ2) is 6.85. The van der Waals surface area contributed by atoms with Crippen LogP contribution in [0.3, 0.4) is 0 Å². The molecule has 0 heterocycles. The number of amides is 1. The Labute approximate surface area is 116 Å². The van der Waals surface area contributed by atoms with E-state index in [0.29, 0.717) is 6.42 Å². The van der Waals surface area contributed by atoms with E-state index < -0.39 is 10.5 Å². The number of aliphatic hydroxyl groups excluding tert-OH is 1. The van der Waals surface area contributed by atoms with Crippen LogP contribution in [0.25, 0.3) is 0 Å². The van der Waals surface area contributed by atoms with Gasteiger partial charge in [-0.05, 0) is 26.3 Å². The summed E-state index contributed by atoms with van der Waals surface area (Å²) in [6, 6.07) is 5.63. The molecule has 0 radical (unpaired) electrons. The zero-order valence-corrected chi connectivity index (χ0v) is 11.5. The smallest absolute Gasteiger partial charge is 0.273 e. The zero-order valence-electron chi connectivity index (χ0n) is 11.5. The maximum Gasteiger partial charge on any atom is 0.273 e. The Hall–Kier alpha value is -2.15. The van der Waals surface area contributed by atoms with Crippen molar-refractivity contribution in [3.8, 4) is 5.75 Å². The molecule has 1 aromatic rings. The van der Waals surface area contributed by atoms with Gasteiger partial charge in [0.25, 0.3) is 11.6 Å². The number of aliphatic hydroxyl groups is 1. The molecule has 0 aliphatic heterocycles. The molecule has 0 bridgehead atoms. The Morgan fingerprint density at radius 2 is 2.20 bits per heavy atom. The average Bonchev–Trinajstić information content (AvgIpc) is 2.36. The SMILES string of the molecule is CC(C)(CCO)NC(=O)COc1cccc([N+](=O)[O-])c1. The van der Waals surface area contributed by atoms with Crippen molar-refractivity contribution in [2.75, 3.05) is 13.2 Å². The summed E-state index contributed by atoms with van der Waals surface area (Å²) in [5.41, 5.74) is -0.624. The third-order valence-corrected chi connectivity index (χ3v) is 2.61. The number of nitro groups is 1. The maximum atomic E-state index is 11.7. The van der Waals surface area contributed by atoms with E-state index >= 15 is 0 Å². The Kier molecular flexibility index (Phi) is 5.45. The molecule has 0 aliphatic carbocycles. The molecule has 0 aliphatic rings. The second-order valence-corrected chi connectivity index (χ2v) is 4.95.